The first-order valence-corrected chi connectivity index (χ1v) is 9.04. The summed E-state index contributed by atoms with van der Waals surface area (Å²) < 4.78 is 4.94. The highest BCUT2D eigenvalue weighted by Gasteiger charge is 2.40. The van der Waals surface area contributed by atoms with E-state index in [1.165, 1.54) is 0 Å². The number of nitrogens with one attached hydrogen (secondary N) is 1. The predicted octanol–water partition coefficient (Wildman–Crippen LogP) is 3.30. The Labute approximate surface area is 158 Å². The van der Waals surface area contributed by atoms with Crippen molar-refractivity contribution in [2.24, 2.45) is 0 Å². The third-order valence-corrected chi connectivity index (χ3v) is 4.83. The summed E-state index contributed by atoms with van der Waals surface area (Å²) in [5.74, 6) is -0.391. The molecular formula is C21H24N2O4. The second-order valence-electron chi connectivity index (χ2n) is 6.75. The number of esters is 1. The molecule has 1 fully saturated rings. The molecule has 1 unspecified atom stereocenters. The zero-order chi connectivity index (χ0) is 19.4. The van der Waals surface area contributed by atoms with E-state index in [2.05, 4.69) is 5.32 Å². The molecule has 1 heterocycles. The average molecular weight is 368 g/mol. The third-order valence-electron chi connectivity index (χ3n) is 4.83. The van der Waals surface area contributed by atoms with E-state index < -0.39 is 11.6 Å². The van der Waals surface area contributed by atoms with Crippen LogP contribution in [-0.2, 0) is 10.3 Å². The zero-order valence-corrected chi connectivity index (χ0v) is 15.6. The molecule has 142 valence electrons. The third kappa shape index (κ3) is 4.11. The van der Waals surface area contributed by atoms with Crippen LogP contribution in [0, 0.1) is 6.92 Å². The molecule has 1 atom stereocenters. The van der Waals surface area contributed by atoms with Crippen LogP contribution < -0.4 is 5.32 Å². The highest BCUT2D eigenvalue weighted by molar-refractivity contribution is 5.92. The van der Waals surface area contributed by atoms with Gasteiger partial charge >= 0.3 is 12.0 Å². The lowest BCUT2D eigenvalue weighted by Gasteiger charge is -2.25. The molecule has 2 N–H and O–H groups in total. The molecule has 0 bridgehead atoms. The molecule has 0 saturated carbocycles. The Morgan fingerprint density at radius 2 is 1.89 bits per heavy atom. The van der Waals surface area contributed by atoms with Crippen molar-refractivity contribution in [2.45, 2.75) is 25.9 Å². The lowest BCUT2D eigenvalue weighted by molar-refractivity contribution is 0.0493. The Balaban J connectivity index is 1.64. The lowest BCUT2D eigenvalue weighted by Crippen LogP contribution is -2.37. The van der Waals surface area contributed by atoms with Crippen molar-refractivity contribution in [3.63, 3.8) is 0 Å². The van der Waals surface area contributed by atoms with Crippen LogP contribution in [0.2, 0.25) is 0 Å². The molecule has 0 aliphatic carbocycles. The molecule has 27 heavy (non-hydrogen) atoms. The quantitative estimate of drug-likeness (QED) is 0.812. The number of aliphatic hydroxyl groups is 1. The van der Waals surface area contributed by atoms with Crippen LogP contribution in [0.3, 0.4) is 0 Å². The fourth-order valence-electron chi connectivity index (χ4n) is 3.39. The fourth-order valence-corrected chi connectivity index (χ4v) is 3.39. The van der Waals surface area contributed by atoms with Crippen LogP contribution in [0.25, 0.3) is 0 Å². The summed E-state index contributed by atoms with van der Waals surface area (Å²) in [4.78, 5) is 25.8. The Kier molecular flexibility index (Phi) is 5.46. The van der Waals surface area contributed by atoms with Gasteiger partial charge in [-0.25, -0.2) is 9.59 Å². The van der Waals surface area contributed by atoms with E-state index in [0.29, 0.717) is 30.8 Å². The van der Waals surface area contributed by atoms with Gasteiger partial charge in [-0.2, -0.15) is 0 Å². The van der Waals surface area contributed by atoms with Crippen LogP contribution in [-0.4, -0.2) is 41.7 Å². The van der Waals surface area contributed by atoms with Gasteiger partial charge in [-0.3, -0.25) is 0 Å². The van der Waals surface area contributed by atoms with Gasteiger partial charge < -0.3 is 20.1 Å². The van der Waals surface area contributed by atoms with Crippen molar-refractivity contribution in [2.75, 3.05) is 25.0 Å². The maximum absolute atomic E-state index is 12.6. The number of amides is 2. The van der Waals surface area contributed by atoms with E-state index in [1.54, 1.807) is 36.1 Å². The van der Waals surface area contributed by atoms with Gasteiger partial charge in [0.25, 0.3) is 0 Å². The van der Waals surface area contributed by atoms with Crippen molar-refractivity contribution in [1.29, 1.82) is 0 Å². The van der Waals surface area contributed by atoms with Gasteiger partial charge in [0.1, 0.15) is 5.60 Å². The number of ether oxygens (including phenoxy) is 1. The Bertz CT molecular complexity index is 834. The number of benzene rings is 2. The summed E-state index contributed by atoms with van der Waals surface area (Å²) in [6.07, 6.45) is 0.493. The Hall–Kier alpha value is -2.86. The maximum Gasteiger partial charge on any atom is 0.338 e. The molecule has 2 amide bonds. The summed E-state index contributed by atoms with van der Waals surface area (Å²) in [6.45, 7) is 4.74. The molecule has 6 heteroatoms. The largest absolute Gasteiger partial charge is 0.462 e. The molecule has 2 aromatic rings. The number of urea groups is 1. The summed E-state index contributed by atoms with van der Waals surface area (Å²) >= 11 is 0. The van der Waals surface area contributed by atoms with Gasteiger partial charge in [0.15, 0.2) is 0 Å². The first-order valence-electron chi connectivity index (χ1n) is 9.04. The molecule has 0 radical (unpaired) electrons. The van der Waals surface area contributed by atoms with E-state index in [0.717, 1.165) is 11.1 Å². The highest BCUT2D eigenvalue weighted by Crippen LogP contribution is 2.34. The second-order valence-corrected chi connectivity index (χ2v) is 6.75. The fraction of sp³-hybridized carbons (Fsp3) is 0.333. The molecule has 1 saturated heterocycles. The molecule has 6 nitrogen and oxygen atoms in total. The van der Waals surface area contributed by atoms with Crippen LogP contribution in [0.15, 0.2) is 48.5 Å². The van der Waals surface area contributed by atoms with Crippen molar-refractivity contribution >= 4 is 17.7 Å². The predicted molar refractivity (Wildman–Crippen MR) is 103 cm³/mol. The number of β-amino-alcohol motifs (C(OH)–C–C–N with tert-alkyl or cyclic N) is 1. The number of hydrogen-bond acceptors (Lipinski definition) is 4. The molecule has 3 rings (SSSR count). The molecule has 2 aromatic carbocycles. The van der Waals surface area contributed by atoms with Gasteiger partial charge in [-0.15, -0.1) is 0 Å². The van der Waals surface area contributed by atoms with Crippen LogP contribution in [0.4, 0.5) is 10.5 Å². The SMILES string of the molecule is CCOC(=O)c1ccc(NC(=O)N2CCC(O)(c3ccccc3C)C2)cc1. The number of nitrogens with zero attached hydrogens (tertiary/aromatic N) is 1. The van der Waals surface area contributed by atoms with Gasteiger partial charge in [0.05, 0.1) is 18.7 Å². The van der Waals surface area contributed by atoms with Gasteiger partial charge in [-0.05, 0) is 55.7 Å². The number of anilines is 1. The summed E-state index contributed by atoms with van der Waals surface area (Å²) in [7, 11) is 0. The van der Waals surface area contributed by atoms with Crippen molar-refractivity contribution < 1.29 is 19.4 Å². The number of rotatable bonds is 4. The molecule has 1 aliphatic heterocycles. The molecular weight excluding hydrogens is 344 g/mol. The smallest absolute Gasteiger partial charge is 0.338 e. The number of aryl methyl sites for hydroxylation is 1. The Morgan fingerprint density at radius 1 is 1.19 bits per heavy atom. The minimum atomic E-state index is -1.03. The monoisotopic (exact) mass is 368 g/mol. The minimum Gasteiger partial charge on any atom is -0.462 e. The summed E-state index contributed by atoms with van der Waals surface area (Å²) in [6, 6.07) is 14.0. The van der Waals surface area contributed by atoms with E-state index in [-0.39, 0.29) is 12.6 Å². The first-order chi connectivity index (χ1) is 12.9. The van der Waals surface area contributed by atoms with Crippen LogP contribution in [0.5, 0.6) is 0 Å². The number of hydrogen-bond donors (Lipinski definition) is 2. The first kappa shape index (κ1) is 18.9. The van der Waals surface area contributed by atoms with Crippen molar-refractivity contribution in [3.8, 4) is 0 Å². The van der Waals surface area contributed by atoms with E-state index in [1.807, 2.05) is 31.2 Å². The number of likely N-dealkylation sites (tertiary alicyclic amines) is 1. The van der Waals surface area contributed by atoms with Crippen molar-refractivity contribution in [1.82, 2.24) is 4.90 Å². The van der Waals surface area contributed by atoms with E-state index in [4.69, 9.17) is 4.74 Å². The van der Waals surface area contributed by atoms with Gasteiger partial charge in [-0.1, -0.05) is 24.3 Å². The maximum atomic E-state index is 12.6. The number of carbonyl (C=O) groups excluding carboxylic acids is 2. The van der Waals surface area contributed by atoms with Gasteiger partial charge in [0, 0.05) is 12.2 Å². The van der Waals surface area contributed by atoms with E-state index >= 15 is 0 Å². The van der Waals surface area contributed by atoms with Crippen LogP contribution in [0.1, 0.15) is 34.8 Å². The van der Waals surface area contributed by atoms with Crippen molar-refractivity contribution in [3.05, 3.63) is 65.2 Å². The van der Waals surface area contributed by atoms with Crippen LogP contribution >= 0.6 is 0 Å². The lowest BCUT2D eigenvalue weighted by atomic mass is 9.89. The second kappa shape index (κ2) is 7.80. The molecule has 0 spiro atoms. The summed E-state index contributed by atoms with van der Waals surface area (Å²) in [5, 5.41) is 13.8. The molecule has 1 aliphatic rings. The zero-order valence-electron chi connectivity index (χ0n) is 15.6. The average Bonchev–Trinajstić information content (AvgIpc) is 3.06. The summed E-state index contributed by atoms with van der Waals surface area (Å²) in [5.41, 5.74) is 1.86. The number of carbonyl (C=O) groups is 2. The Morgan fingerprint density at radius 3 is 2.56 bits per heavy atom. The topological polar surface area (TPSA) is 78.9 Å². The van der Waals surface area contributed by atoms with Gasteiger partial charge in [0.2, 0.25) is 0 Å². The molecule has 0 aromatic heterocycles. The minimum absolute atomic E-state index is 0.241. The normalized spacial score (nSPS) is 19.0. The highest BCUT2D eigenvalue weighted by atomic mass is 16.5. The standard InChI is InChI=1S/C21H24N2O4/c1-3-27-19(24)16-8-10-17(11-9-16)22-20(25)23-13-12-21(26,14-23)18-7-5-4-6-15(18)2/h4-11,26H,3,12-14H2,1-2H3,(H,22,25). The van der Waals surface area contributed by atoms with E-state index in [9.17, 15) is 14.7 Å².